The molecular weight excluding hydrogens is 492 g/mol. The summed E-state index contributed by atoms with van der Waals surface area (Å²) < 4.78 is 16.6. The maximum atomic E-state index is 14.8. The largest absolute Gasteiger partial charge is 0.369 e. The van der Waals surface area contributed by atoms with Crippen molar-refractivity contribution >= 4 is 57.9 Å². The Labute approximate surface area is 212 Å². The predicted molar refractivity (Wildman–Crippen MR) is 136 cm³/mol. The number of imidazole rings is 1. The van der Waals surface area contributed by atoms with Crippen molar-refractivity contribution < 1.29 is 9.18 Å². The van der Waals surface area contributed by atoms with Gasteiger partial charge in [0.05, 0.1) is 22.3 Å². The van der Waals surface area contributed by atoms with E-state index in [4.69, 9.17) is 33.9 Å². The van der Waals surface area contributed by atoms with Crippen LogP contribution in [0.5, 0.6) is 0 Å². The van der Waals surface area contributed by atoms with E-state index in [-0.39, 0.29) is 28.2 Å². The van der Waals surface area contributed by atoms with Crippen LogP contribution in [-0.4, -0.2) is 31.5 Å². The fourth-order valence-corrected chi connectivity index (χ4v) is 5.79. The van der Waals surface area contributed by atoms with Gasteiger partial charge in [-0.15, -0.1) is 0 Å². The molecule has 2 aliphatic carbocycles. The molecule has 0 bridgehead atoms. The highest BCUT2D eigenvalue weighted by atomic mass is 35.5. The fraction of sp³-hybridized carbons (Fsp3) is 0.500. The van der Waals surface area contributed by atoms with Crippen LogP contribution in [0.1, 0.15) is 57.8 Å². The zero-order valence-corrected chi connectivity index (χ0v) is 20.8. The number of fused-ring (bicyclic) bond motifs is 1. The van der Waals surface area contributed by atoms with E-state index in [0.717, 1.165) is 32.1 Å². The first-order valence-corrected chi connectivity index (χ1v) is 12.8. The monoisotopic (exact) mass is 519 g/mol. The number of amides is 1. The SMILES string of the molecule is NC(=O)C1(Cn2c(Nc3c(F)cc(Cl)cc3Cl)nc3cnc(NC4CCCC4)nc32)CCCCC1. The molecule has 0 spiro atoms. The quantitative estimate of drug-likeness (QED) is 0.363. The third-order valence-corrected chi connectivity index (χ3v) is 7.73. The van der Waals surface area contributed by atoms with Crippen molar-refractivity contribution in [3.63, 3.8) is 0 Å². The number of carbonyl (C=O) groups excluding carboxylic acids is 1. The minimum Gasteiger partial charge on any atom is -0.369 e. The first-order chi connectivity index (χ1) is 16.8. The standard InChI is InChI=1S/C24H28Cl2FN7O/c25-14-10-16(26)19(17(27)11-14)32-23-31-18-12-29-22(30-15-6-2-3-7-15)33-20(18)34(23)13-24(21(28)35)8-4-1-5-9-24/h10-12,15H,1-9,13H2,(H2,28,35)(H,31,32)(H,29,30,33). The van der Waals surface area contributed by atoms with Crippen LogP contribution in [0.25, 0.3) is 11.2 Å². The van der Waals surface area contributed by atoms with E-state index in [2.05, 4.69) is 20.6 Å². The number of rotatable bonds is 7. The lowest BCUT2D eigenvalue weighted by Gasteiger charge is -2.35. The molecule has 1 amide bonds. The highest BCUT2D eigenvalue weighted by Gasteiger charge is 2.39. The molecule has 0 atom stereocenters. The molecular formula is C24H28Cl2FN7O. The van der Waals surface area contributed by atoms with Gasteiger partial charge in [0.25, 0.3) is 0 Å². The second-order valence-corrected chi connectivity index (χ2v) is 10.5. The van der Waals surface area contributed by atoms with Gasteiger partial charge in [-0.2, -0.15) is 4.98 Å². The number of halogens is 3. The number of carbonyl (C=O) groups is 1. The first-order valence-electron chi connectivity index (χ1n) is 12.1. The number of hydrogen-bond acceptors (Lipinski definition) is 6. The van der Waals surface area contributed by atoms with Crippen LogP contribution in [0.15, 0.2) is 18.3 Å². The summed E-state index contributed by atoms with van der Waals surface area (Å²) in [6.45, 7) is 0.272. The van der Waals surface area contributed by atoms with E-state index < -0.39 is 11.2 Å². The Morgan fingerprint density at radius 3 is 2.57 bits per heavy atom. The zero-order chi connectivity index (χ0) is 24.6. The van der Waals surface area contributed by atoms with Gasteiger partial charge >= 0.3 is 0 Å². The van der Waals surface area contributed by atoms with Gasteiger partial charge in [0, 0.05) is 17.6 Å². The van der Waals surface area contributed by atoms with E-state index in [1.54, 1.807) is 10.8 Å². The van der Waals surface area contributed by atoms with Crippen LogP contribution >= 0.6 is 23.2 Å². The Kier molecular flexibility index (Phi) is 6.72. The van der Waals surface area contributed by atoms with Crippen LogP contribution in [0, 0.1) is 11.2 Å². The van der Waals surface area contributed by atoms with Crippen molar-refractivity contribution in [2.24, 2.45) is 11.1 Å². The lowest BCUT2D eigenvalue weighted by Crippen LogP contribution is -2.42. The third-order valence-electron chi connectivity index (χ3n) is 7.21. The van der Waals surface area contributed by atoms with Crippen LogP contribution in [-0.2, 0) is 11.3 Å². The molecule has 35 heavy (non-hydrogen) atoms. The number of anilines is 3. The molecule has 2 aliphatic rings. The smallest absolute Gasteiger partial charge is 0.225 e. The van der Waals surface area contributed by atoms with Gasteiger partial charge < -0.3 is 16.4 Å². The topological polar surface area (TPSA) is 111 Å². The second kappa shape index (κ2) is 9.78. The second-order valence-electron chi connectivity index (χ2n) is 9.62. The number of nitrogens with two attached hydrogens (primary N) is 1. The van der Waals surface area contributed by atoms with Crippen molar-refractivity contribution in [2.45, 2.75) is 70.4 Å². The number of benzene rings is 1. The predicted octanol–water partition coefficient (Wildman–Crippen LogP) is 5.81. The molecule has 1 aromatic carbocycles. The Morgan fingerprint density at radius 1 is 1.14 bits per heavy atom. The first kappa shape index (κ1) is 24.1. The van der Waals surface area contributed by atoms with Gasteiger partial charge in [-0.25, -0.2) is 14.4 Å². The molecule has 0 radical (unpaired) electrons. The average molecular weight is 520 g/mol. The van der Waals surface area contributed by atoms with Gasteiger partial charge in [-0.05, 0) is 37.8 Å². The molecule has 0 saturated heterocycles. The molecule has 4 N–H and O–H groups in total. The molecule has 5 rings (SSSR count). The molecule has 0 unspecified atom stereocenters. The Morgan fingerprint density at radius 2 is 1.89 bits per heavy atom. The number of aromatic nitrogens is 4. The summed E-state index contributed by atoms with van der Waals surface area (Å²) in [6, 6.07) is 2.97. The minimum absolute atomic E-state index is 0.0432. The fourth-order valence-electron chi connectivity index (χ4n) is 5.27. The van der Waals surface area contributed by atoms with Gasteiger partial charge in [-0.1, -0.05) is 55.3 Å². The van der Waals surface area contributed by atoms with Crippen LogP contribution in [0.3, 0.4) is 0 Å². The number of hydrogen-bond donors (Lipinski definition) is 3. The van der Waals surface area contributed by atoms with Gasteiger partial charge in [0.2, 0.25) is 17.8 Å². The highest BCUT2D eigenvalue weighted by molar-refractivity contribution is 6.36. The number of nitrogens with one attached hydrogen (secondary N) is 2. The van der Waals surface area contributed by atoms with E-state index in [1.165, 1.54) is 25.0 Å². The summed E-state index contributed by atoms with van der Waals surface area (Å²) in [5.41, 5.74) is 6.30. The highest BCUT2D eigenvalue weighted by Crippen LogP contribution is 2.40. The molecule has 8 nitrogen and oxygen atoms in total. The summed E-state index contributed by atoms with van der Waals surface area (Å²) in [5.74, 6) is -0.150. The molecule has 2 aromatic heterocycles. The van der Waals surface area contributed by atoms with Crippen molar-refractivity contribution in [3.05, 3.63) is 34.2 Å². The van der Waals surface area contributed by atoms with Crippen molar-refractivity contribution in [3.8, 4) is 0 Å². The summed E-state index contributed by atoms with van der Waals surface area (Å²) in [4.78, 5) is 26.5. The van der Waals surface area contributed by atoms with Crippen molar-refractivity contribution in [2.75, 3.05) is 10.6 Å². The van der Waals surface area contributed by atoms with Gasteiger partial charge in [0.15, 0.2) is 5.65 Å². The lowest BCUT2D eigenvalue weighted by molar-refractivity contribution is -0.130. The van der Waals surface area contributed by atoms with Crippen molar-refractivity contribution in [1.29, 1.82) is 0 Å². The van der Waals surface area contributed by atoms with Gasteiger partial charge in [0.1, 0.15) is 11.3 Å². The van der Waals surface area contributed by atoms with Crippen LogP contribution in [0.4, 0.5) is 22.0 Å². The summed E-state index contributed by atoms with van der Waals surface area (Å²) in [7, 11) is 0. The minimum atomic E-state index is -0.741. The van der Waals surface area contributed by atoms with Crippen LogP contribution in [0.2, 0.25) is 10.0 Å². The average Bonchev–Trinajstić information content (AvgIpc) is 3.45. The molecule has 2 saturated carbocycles. The molecule has 186 valence electrons. The molecule has 0 aliphatic heterocycles. The Balaban J connectivity index is 1.59. The Hall–Kier alpha value is -2.65. The normalized spacial score (nSPS) is 18.1. The summed E-state index contributed by atoms with van der Waals surface area (Å²) >= 11 is 12.2. The molecule has 11 heteroatoms. The summed E-state index contributed by atoms with van der Waals surface area (Å²) in [6.07, 6.45) is 10.4. The zero-order valence-electron chi connectivity index (χ0n) is 19.3. The van der Waals surface area contributed by atoms with E-state index in [0.29, 0.717) is 41.9 Å². The van der Waals surface area contributed by atoms with E-state index >= 15 is 0 Å². The molecule has 3 aromatic rings. The van der Waals surface area contributed by atoms with E-state index in [1.807, 2.05) is 0 Å². The van der Waals surface area contributed by atoms with Gasteiger partial charge in [-0.3, -0.25) is 9.36 Å². The third kappa shape index (κ3) is 4.89. The Bertz CT molecular complexity index is 1230. The lowest BCUT2D eigenvalue weighted by atomic mass is 9.73. The number of primary amides is 1. The van der Waals surface area contributed by atoms with Crippen molar-refractivity contribution in [1.82, 2.24) is 19.5 Å². The maximum Gasteiger partial charge on any atom is 0.225 e. The van der Waals surface area contributed by atoms with Crippen LogP contribution < -0.4 is 16.4 Å². The number of nitrogens with zero attached hydrogens (tertiary/aromatic N) is 4. The molecule has 2 heterocycles. The maximum absolute atomic E-state index is 14.8. The summed E-state index contributed by atoms with van der Waals surface area (Å²) in [5, 5.41) is 6.72. The van der Waals surface area contributed by atoms with E-state index in [9.17, 15) is 9.18 Å². The molecule has 2 fully saturated rings.